The van der Waals surface area contributed by atoms with Crippen molar-refractivity contribution in [2.75, 3.05) is 36.1 Å². The van der Waals surface area contributed by atoms with E-state index in [1.54, 1.807) is 7.11 Å². The number of carboxylic acids is 1. The molecule has 0 saturated carbocycles. The lowest BCUT2D eigenvalue weighted by molar-refractivity contribution is -0.192. The van der Waals surface area contributed by atoms with E-state index in [0.717, 1.165) is 29.1 Å². The SMILES string of the molecule is COc1ccccc1CCNc1nc(C)cc(NCCC(=O)Nc2ccccc2)n1.O=C(O)C(F)(F)F. The molecule has 198 valence electrons. The number of aromatic nitrogens is 2. The van der Waals surface area contributed by atoms with Crippen LogP contribution in [-0.4, -0.2) is 53.3 Å². The van der Waals surface area contributed by atoms with Crippen LogP contribution in [0.25, 0.3) is 0 Å². The molecule has 0 aliphatic rings. The Kier molecular flexibility index (Phi) is 11.1. The van der Waals surface area contributed by atoms with Crippen LogP contribution >= 0.6 is 0 Å². The van der Waals surface area contributed by atoms with Crippen molar-refractivity contribution in [2.45, 2.75) is 25.9 Å². The second-order valence-corrected chi connectivity index (χ2v) is 7.60. The van der Waals surface area contributed by atoms with Crippen molar-refractivity contribution >= 4 is 29.3 Å². The summed E-state index contributed by atoms with van der Waals surface area (Å²) in [5.41, 5.74) is 2.77. The summed E-state index contributed by atoms with van der Waals surface area (Å²) in [7, 11) is 1.67. The monoisotopic (exact) mass is 519 g/mol. The first-order chi connectivity index (χ1) is 17.6. The van der Waals surface area contributed by atoms with Crippen LogP contribution in [0.1, 0.15) is 17.7 Å². The van der Waals surface area contributed by atoms with Crippen LogP contribution in [0.15, 0.2) is 60.7 Å². The summed E-state index contributed by atoms with van der Waals surface area (Å²) >= 11 is 0. The molecule has 9 nitrogen and oxygen atoms in total. The smallest absolute Gasteiger partial charge is 0.490 e. The van der Waals surface area contributed by atoms with Gasteiger partial charge in [0.1, 0.15) is 11.6 Å². The fourth-order valence-electron chi connectivity index (χ4n) is 3.01. The highest BCUT2D eigenvalue weighted by Gasteiger charge is 2.38. The van der Waals surface area contributed by atoms with E-state index >= 15 is 0 Å². The van der Waals surface area contributed by atoms with E-state index < -0.39 is 12.1 Å². The van der Waals surface area contributed by atoms with E-state index in [0.29, 0.717) is 31.3 Å². The number of amides is 1. The molecule has 0 aliphatic heterocycles. The third-order valence-electron chi connectivity index (χ3n) is 4.68. The number of benzene rings is 2. The van der Waals surface area contributed by atoms with E-state index in [1.165, 1.54) is 0 Å². The second-order valence-electron chi connectivity index (χ2n) is 7.60. The van der Waals surface area contributed by atoms with Crippen LogP contribution in [0.2, 0.25) is 0 Å². The number of carbonyl (C=O) groups excluding carboxylic acids is 1. The Morgan fingerprint density at radius 3 is 2.27 bits per heavy atom. The number of para-hydroxylation sites is 2. The van der Waals surface area contributed by atoms with Crippen LogP contribution in [-0.2, 0) is 16.0 Å². The average Bonchev–Trinajstić information content (AvgIpc) is 2.84. The normalized spacial score (nSPS) is 10.5. The van der Waals surface area contributed by atoms with E-state index in [2.05, 4.69) is 25.9 Å². The van der Waals surface area contributed by atoms with Gasteiger partial charge in [0.25, 0.3) is 0 Å². The first kappa shape index (κ1) is 28.9. The summed E-state index contributed by atoms with van der Waals surface area (Å²) in [6.07, 6.45) is -3.95. The Balaban J connectivity index is 0.000000604. The van der Waals surface area contributed by atoms with Gasteiger partial charge < -0.3 is 25.8 Å². The molecule has 1 heterocycles. The lowest BCUT2D eigenvalue weighted by atomic mass is 10.1. The quantitative estimate of drug-likeness (QED) is 0.308. The Morgan fingerprint density at radius 1 is 0.973 bits per heavy atom. The number of halogens is 3. The molecule has 0 bridgehead atoms. The largest absolute Gasteiger partial charge is 0.496 e. The minimum Gasteiger partial charge on any atom is -0.496 e. The first-order valence-electron chi connectivity index (χ1n) is 11.2. The molecular formula is C25H28F3N5O4. The van der Waals surface area contributed by atoms with Crippen molar-refractivity contribution in [1.82, 2.24) is 9.97 Å². The summed E-state index contributed by atoms with van der Waals surface area (Å²) < 4.78 is 37.1. The second kappa shape index (κ2) is 14.3. The van der Waals surface area contributed by atoms with E-state index in [4.69, 9.17) is 14.6 Å². The molecule has 1 aromatic heterocycles. The van der Waals surface area contributed by atoms with E-state index in [-0.39, 0.29) is 5.91 Å². The number of aliphatic carboxylic acids is 1. The van der Waals surface area contributed by atoms with Crippen molar-refractivity contribution in [3.05, 3.63) is 71.9 Å². The molecule has 0 fully saturated rings. The highest BCUT2D eigenvalue weighted by Crippen LogP contribution is 2.18. The molecule has 37 heavy (non-hydrogen) atoms. The number of hydrogen-bond donors (Lipinski definition) is 4. The summed E-state index contributed by atoms with van der Waals surface area (Å²) in [4.78, 5) is 29.9. The zero-order chi connectivity index (χ0) is 27.3. The third kappa shape index (κ3) is 10.8. The van der Waals surface area contributed by atoms with Crippen molar-refractivity contribution in [3.63, 3.8) is 0 Å². The molecule has 4 N–H and O–H groups in total. The maximum Gasteiger partial charge on any atom is 0.490 e. The molecular weight excluding hydrogens is 491 g/mol. The third-order valence-corrected chi connectivity index (χ3v) is 4.68. The summed E-state index contributed by atoms with van der Waals surface area (Å²) in [5, 5.41) is 16.5. The molecule has 12 heteroatoms. The summed E-state index contributed by atoms with van der Waals surface area (Å²) in [6.45, 7) is 3.08. The van der Waals surface area contributed by atoms with Gasteiger partial charge in [0.2, 0.25) is 11.9 Å². The number of anilines is 3. The molecule has 3 rings (SSSR count). The number of methoxy groups -OCH3 is 1. The Bertz CT molecular complexity index is 1160. The van der Waals surface area contributed by atoms with Gasteiger partial charge in [-0.3, -0.25) is 4.79 Å². The maximum absolute atomic E-state index is 12.1. The predicted molar refractivity (Wildman–Crippen MR) is 134 cm³/mol. The molecule has 3 aromatic rings. The molecule has 0 saturated heterocycles. The van der Waals surface area contributed by atoms with Gasteiger partial charge in [-0.25, -0.2) is 9.78 Å². The van der Waals surface area contributed by atoms with Gasteiger partial charge in [-0.15, -0.1) is 0 Å². The number of carbonyl (C=O) groups is 2. The highest BCUT2D eigenvalue weighted by atomic mass is 19.4. The number of alkyl halides is 3. The zero-order valence-corrected chi connectivity index (χ0v) is 20.3. The van der Waals surface area contributed by atoms with Gasteiger partial charge >= 0.3 is 12.1 Å². The summed E-state index contributed by atoms with van der Waals surface area (Å²) in [5.74, 6) is -0.682. The maximum atomic E-state index is 12.1. The summed E-state index contributed by atoms with van der Waals surface area (Å²) in [6, 6.07) is 19.2. The average molecular weight is 520 g/mol. The topological polar surface area (TPSA) is 125 Å². The van der Waals surface area contributed by atoms with Gasteiger partial charge in [0.05, 0.1) is 7.11 Å². The standard InChI is InChI=1S/C23H27N5O2.C2HF3O2/c1-17-16-21(24-15-13-22(29)27-19-9-4-3-5-10-19)28-23(26-17)25-14-12-18-8-6-7-11-20(18)30-2;3-2(4,5)1(6)7/h3-11,16H,12-15H2,1-2H3,(H,27,29)(H2,24,25,26,28);(H,6,7). The van der Waals surface area contributed by atoms with Crippen molar-refractivity contribution in [2.24, 2.45) is 0 Å². The zero-order valence-electron chi connectivity index (χ0n) is 20.3. The number of hydrogen-bond acceptors (Lipinski definition) is 7. The van der Waals surface area contributed by atoms with Crippen LogP contribution in [0.5, 0.6) is 5.75 Å². The number of nitrogens with zero attached hydrogens (tertiary/aromatic N) is 2. The molecule has 1 amide bonds. The minimum absolute atomic E-state index is 0.0466. The van der Waals surface area contributed by atoms with Crippen LogP contribution in [0, 0.1) is 6.92 Å². The Morgan fingerprint density at radius 2 is 1.62 bits per heavy atom. The van der Waals surface area contributed by atoms with Gasteiger partial charge in [-0.2, -0.15) is 18.2 Å². The van der Waals surface area contributed by atoms with Crippen LogP contribution in [0.3, 0.4) is 0 Å². The van der Waals surface area contributed by atoms with Crippen molar-refractivity contribution < 1.29 is 32.6 Å². The number of ether oxygens (including phenoxy) is 1. The lowest BCUT2D eigenvalue weighted by Gasteiger charge is -2.11. The Labute approximate surface area is 212 Å². The van der Waals surface area contributed by atoms with Gasteiger partial charge in [-0.1, -0.05) is 36.4 Å². The fraction of sp³-hybridized carbons (Fsp3) is 0.280. The minimum atomic E-state index is -5.08. The number of rotatable bonds is 10. The van der Waals surface area contributed by atoms with Gasteiger partial charge in [0.15, 0.2) is 0 Å². The molecule has 2 aromatic carbocycles. The van der Waals surface area contributed by atoms with Crippen molar-refractivity contribution in [1.29, 1.82) is 0 Å². The van der Waals surface area contributed by atoms with Gasteiger partial charge in [0, 0.05) is 37.0 Å². The van der Waals surface area contributed by atoms with Crippen LogP contribution < -0.4 is 20.7 Å². The van der Waals surface area contributed by atoms with Crippen LogP contribution in [0.4, 0.5) is 30.6 Å². The molecule has 0 aliphatic carbocycles. The van der Waals surface area contributed by atoms with Crippen molar-refractivity contribution in [3.8, 4) is 5.75 Å². The van der Waals surface area contributed by atoms with E-state index in [9.17, 15) is 18.0 Å². The number of aryl methyl sites for hydroxylation is 1. The first-order valence-corrected chi connectivity index (χ1v) is 11.2. The number of nitrogens with one attached hydrogen (secondary N) is 3. The molecule has 0 atom stereocenters. The van der Waals surface area contributed by atoms with Gasteiger partial charge in [-0.05, 0) is 37.1 Å². The molecule has 0 spiro atoms. The Hall–Kier alpha value is -4.35. The highest BCUT2D eigenvalue weighted by molar-refractivity contribution is 5.90. The predicted octanol–water partition coefficient (Wildman–Crippen LogP) is 4.52. The molecule has 0 unspecified atom stereocenters. The molecule has 0 radical (unpaired) electrons. The number of carboxylic acid groups (broad SMARTS) is 1. The van der Waals surface area contributed by atoms with E-state index in [1.807, 2.05) is 67.6 Å². The lowest BCUT2D eigenvalue weighted by Crippen LogP contribution is -2.21. The fourth-order valence-corrected chi connectivity index (χ4v) is 3.01.